The minimum atomic E-state index is -0.608. The van der Waals surface area contributed by atoms with Gasteiger partial charge in [0, 0.05) is 23.2 Å². The zero-order valence-electron chi connectivity index (χ0n) is 13.0. The molecule has 0 aliphatic carbocycles. The number of carbonyl (C=O) groups excluding carboxylic acids is 1. The third kappa shape index (κ3) is 4.02. The second-order valence-corrected chi connectivity index (χ2v) is 6.09. The van der Waals surface area contributed by atoms with Crippen LogP contribution in [0.3, 0.4) is 0 Å². The molecule has 24 heavy (non-hydrogen) atoms. The normalized spacial score (nSPS) is 11.2. The van der Waals surface area contributed by atoms with Crippen LogP contribution in [0.1, 0.15) is 30.9 Å². The maximum atomic E-state index is 12.1. The Kier molecular flexibility index (Phi) is 5.39. The third-order valence-corrected chi connectivity index (χ3v) is 3.89. The Balaban J connectivity index is 2.34. The van der Waals surface area contributed by atoms with Gasteiger partial charge in [-0.05, 0) is 17.6 Å². The standard InChI is InChI=1S/C16H14N4O3S/c1-10(2)13-4-3-11(8-14(13)20(22)23)7-12(9-17)15(21)19-16-18-5-6-24-16/h3-8,10H,1-2H3,(H,18,19,21)/b12-7+. The number of hydrogen-bond acceptors (Lipinski definition) is 6. The van der Waals surface area contributed by atoms with Crippen molar-refractivity contribution in [3.05, 3.63) is 56.6 Å². The molecule has 0 aliphatic heterocycles. The van der Waals surface area contributed by atoms with Crippen molar-refractivity contribution >= 4 is 34.1 Å². The first kappa shape index (κ1) is 17.3. The van der Waals surface area contributed by atoms with Crippen molar-refractivity contribution in [3.63, 3.8) is 0 Å². The molecule has 1 heterocycles. The number of thiazole rings is 1. The van der Waals surface area contributed by atoms with E-state index in [1.54, 1.807) is 23.6 Å². The molecular weight excluding hydrogens is 328 g/mol. The van der Waals surface area contributed by atoms with Gasteiger partial charge in [-0.25, -0.2) is 4.98 Å². The van der Waals surface area contributed by atoms with Crippen LogP contribution in [-0.4, -0.2) is 15.8 Å². The maximum absolute atomic E-state index is 12.1. The molecule has 0 bridgehead atoms. The fraction of sp³-hybridized carbons (Fsp3) is 0.188. The van der Waals surface area contributed by atoms with Crippen molar-refractivity contribution in [1.29, 1.82) is 5.26 Å². The number of nitro benzene ring substituents is 1. The predicted molar refractivity (Wildman–Crippen MR) is 91.5 cm³/mol. The summed E-state index contributed by atoms with van der Waals surface area (Å²) in [5, 5.41) is 25.0. The highest BCUT2D eigenvalue weighted by molar-refractivity contribution is 7.13. The summed E-state index contributed by atoms with van der Waals surface area (Å²) in [6.45, 7) is 3.72. The van der Waals surface area contributed by atoms with Crippen LogP contribution in [0.15, 0.2) is 35.3 Å². The summed E-state index contributed by atoms with van der Waals surface area (Å²) in [5.41, 5.74) is 0.827. The smallest absolute Gasteiger partial charge is 0.273 e. The lowest BCUT2D eigenvalue weighted by Gasteiger charge is -2.07. The lowest BCUT2D eigenvalue weighted by Crippen LogP contribution is -2.13. The number of nitrogens with zero attached hydrogens (tertiary/aromatic N) is 3. The number of amides is 1. The monoisotopic (exact) mass is 342 g/mol. The summed E-state index contributed by atoms with van der Waals surface area (Å²) in [6, 6.07) is 6.46. The topological polar surface area (TPSA) is 109 Å². The molecule has 1 aromatic heterocycles. The van der Waals surface area contributed by atoms with E-state index < -0.39 is 10.8 Å². The third-order valence-electron chi connectivity index (χ3n) is 3.20. The van der Waals surface area contributed by atoms with E-state index >= 15 is 0 Å². The molecule has 122 valence electrons. The van der Waals surface area contributed by atoms with Gasteiger partial charge >= 0.3 is 0 Å². The van der Waals surface area contributed by atoms with Crippen LogP contribution in [0, 0.1) is 21.4 Å². The number of nitro groups is 1. The Morgan fingerprint density at radius 2 is 2.25 bits per heavy atom. The molecule has 0 unspecified atom stereocenters. The fourth-order valence-corrected chi connectivity index (χ4v) is 2.59. The van der Waals surface area contributed by atoms with Crippen LogP contribution in [-0.2, 0) is 4.79 Å². The van der Waals surface area contributed by atoms with Gasteiger partial charge < -0.3 is 0 Å². The highest BCUT2D eigenvalue weighted by Gasteiger charge is 2.17. The van der Waals surface area contributed by atoms with Gasteiger partial charge in [0.25, 0.3) is 11.6 Å². The number of nitrogens with one attached hydrogen (secondary N) is 1. The van der Waals surface area contributed by atoms with Gasteiger partial charge in [0.2, 0.25) is 0 Å². The first-order chi connectivity index (χ1) is 11.4. The summed E-state index contributed by atoms with van der Waals surface area (Å²) < 4.78 is 0. The van der Waals surface area contributed by atoms with Crippen molar-refractivity contribution in [2.75, 3.05) is 5.32 Å². The Morgan fingerprint density at radius 1 is 1.50 bits per heavy atom. The van der Waals surface area contributed by atoms with Crippen molar-refractivity contribution in [2.45, 2.75) is 19.8 Å². The Hall–Kier alpha value is -3.05. The van der Waals surface area contributed by atoms with Gasteiger partial charge in [-0.15, -0.1) is 11.3 Å². The van der Waals surface area contributed by atoms with Gasteiger partial charge in [-0.3, -0.25) is 20.2 Å². The van der Waals surface area contributed by atoms with Crippen LogP contribution in [0.5, 0.6) is 0 Å². The maximum Gasteiger partial charge on any atom is 0.273 e. The number of rotatable bonds is 5. The average molecular weight is 342 g/mol. The molecule has 0 aliphatic rings. The number of carbonyl (C=O) groups is 1. The summed E-state index contributed by atoms with van der Waals surface area (Å²) in [7, 11) is 0. The Morgan fingerprint density at radius 3 is 2.79 bits per heavy atom. The Bertz CT molecular complexity index is 836. The number of benzene rings is 1. The van der Waals surface area contributed by atoms with E-state index in [9.17, 15) is 20.2 Å². The van der Waals surface area contributed by atoms with Crippen LogP contribution >= 0.6 is 11.3 Å². The van der Waals surface area contributed by atoms with Gasteiger partial charge in [0.05, 0.1) is 4.92 Å². The van der Waals surface area contributed by atoms with Crippen LogP contribution in [0.4, 0.5) is 10.8 Å². The molecular formula is C16H14N4O3S. The minimum Gasteiger partial charge on any atom is -0.297 e. The van der Waals surface area contributed by atoms with Gasteiger partial charge in [-0.2, -0.15) is 5.26 Å². The molecule has 0 fully saturated rings. The minimum absolute atomic E-state index is 0.00734. The van der Waals surface area contributed by atoms with Crippen LogP contribution in [0.25, 0.3) is 6.08 Å². The van der Waals surface area contributed by atoms with Crippen molar-refractivity contribution in [1.82, 2.24) is 4.98 Å². The molecule has 0 saturated carbocycles. The van der Waals surface area contributed by atoms with Gasteiger partial charge in [0.1, 0.15) is 11.6 Å². The van der Waals surface area contributed by atoms with Crippen LogP contribution < -0.4 is 5.32 Å². The van der Waals surface area contributed by atoms with E-state index in [1.165, 1.54) is 29.7 Å². The summed E-state index contributed by atoms with van der Waals surface area (Å²) in [6.07, 6.45) is 2.85. The zero-order valence-corrected chi connectivity index (χ0v) is 13.8. The molecule has 2 aromatic rings. The molecule has 1 aromatic carbocycles. The van der Waals surface area contributed by atoms with Gasteiger partial charge in [0.15, 0.2) is 5.13 Å². The lowest BCUT2D eigenvalue weighted by molar-refractivity contribution is -0.385. The van der Waals surface area contributed by atoms with E-state index in [2.05, 4.69) is 10.3 Å². The fourth-order valence-electron chi connectivity index (χ4n) is 2.06. The number of nitriles is 1. The number of anilines is 1. The first-order valence-electron chi connectivity index (χ1n) is 7.03. The second-order valence-electron chi connectivity index (χ2n) is 5.19. The SMILES string of the molecule is CC(C)c1ccc(/C=C(\C#N)C(=O)Nc2nccs2)cc1[N+](=O)[O-]. The summed E-state index contributed by atoms with van der Waals surface area (Å²) in [4.78, 5) is 26.7. The number of hydrogen-bond donors (Lipinski definition) is 1. The molecule has 1 N–H and O–H groups in total. The first-order valence-corrected chi connectivity index (χ1v) is 7.91. The molecule has 8 heteroatoms. The van der Waals surface area contributed by atoms with E-state index in [1.807, 2.05) is 13.8 Å². The van der Waals surface area contributed by atoms with E-state index in [0.717, 1.165) is 0 Å². The lowest BCUT2D eigenvalue weighted by atomic mass is 9.98. The molecule has 0 radical (unpaired) electrons. The molecule has 1 amide bonds. The quantitative estimate of drug-likeness (QED) is 0.385. The summed E-state index contributed by atoms with van der Waals surface area (Å²) >= 11 is 1.23. The van der Waals surface area contributed by atoms with E-state index in [0.29, 0.717) is 16.3 Å². The predicted octanol–water partition coefficient (Wildman–Crippen LogP) is 3.72. The molecule has 2 rings (SSSR count). The second kappa shape index (κ2) is 7.48. The van der Waals surface area contributed by atoms with Crippen molar-refractivity contribution in [3.8, 4) is 6.07 Å². The summed E-state index contributed by atoms with van der Waals surface area (Å²) in [5.74, 6) is -0.616. The molecule has 7 nitrogen and oxygen atoms in total. The highest BCUT2D eigenvalue weighted by atomic mass is 32.1. The highest BCUT2D eigenvalue weighted by Crippen LogP contribution is 2.28. The Labute approximate surface area is 142 Å². The van der Waals surface area contributed by atoms with Crippen LogP contribution in [0.2, 0.25) is 0 Å². The molecule has 0 saturated heterocycles. The molecule has 0 atom stereocenters. The largest absolute Gasteiger partial charge is 0.297 e. The van der Waals surface area contributed by atoms with E-state index in [4.69, 9.17) is 0 Å². The van der Waals surface area contributed by atoms with Gasteiger partial charge in [-0.1, -0.05) is 26.0 Å². The van der Waals surface area contributed by atoms with Crippen molar-refractivity contribution in [2.24, 2.45) is 0 Å². The van der Waals surface area contributed by atoms with E-state index in [-0.39, 0.29) is 17.2 Å². The molecule has 0 spiro atoms. The number of aromatic nitrogens is 1. The average Bonchev–Trinajstić information content (AvgIpc) is 3.04. The zero-order chi connectivity index (χ0) is 17.7. The van der Waals surface area contributed by atoms with Crippen molar-refractivity contribution < 1.29 is 9.72 Å².